The molecule has 0 aromatic carbocycles. The number of rotatable bonds is 2. The number of amides is 2. The number of piperazine rings is 1. The van der Waals surface area contributed by atoms with Gasteiger partial charge in [0.05, 0.1) is 6.54 Å². The van der Waals surface area contributed by atoms with Crippen molar-refractivity contribution in [2.24, 2.45) is 0 Å². The maximum atomic E-state index is 12.3. The van der Waals surface area contributed by atoms with Crippen molar-refractivity contribution in [3.63, 3.8) is 0 Å². The van der Waals surface area contributed by atoms with E-state index in [0.717, 1.165) is 32.5 Å². The number of piperidine rings is 1. The predicted octanol–water partition coefficient (Wildman–Crippen LogP) is -0.554. The fourth-order valence-corrected chi connectivity index (χ4v) is 2.95. The SMILES string of the molecule is O=C(c1ccn[nH]1)N1CCCC(N2CCNCC2=O)C1. The quantitative estimate of drug-likeness (QED) is 0.760. The molecule has 2 saturated heterocycles. The minimum Gasteiger partial charge on any atom is -0.336 e. The standard InChI is InChI=1S/C13H19N5O2/c19-12-8-14-5-7-18(12)10-2-1-6-17(9-10)13(20)11-3-4-15-16-11/h3-4,10,14H,1-2,5-9H2,(H,15,16). The topological polar surface area (TPSA) is 81.3 Å². The molecule has 7 heteroatoms. The van der Waals surface area contributed by atoms with E-state index >= 15 is 0 Å². The monoisotopic (exact) mass is 277 g/mol. The van der Waals surface area contributed by atoms with E-state index in [0.29, 0.717) is 18.8 Å². The number of aromatic amines is 1. The Kier molecular flexibility index (Phi) is 3.68. The molecule has 7 nitrogen and oxygen atoms in total. The van der Waals surface area contributed by atoms with Crippen LogP contribution in [-0.4, -0.2) is 70.6 Å². The predicted molar refractivity (Wildman–Crippen MR) is 72.1 cm³/mol. The molecule has 2 N–H and O–H groups in total. The molecule has 2 aliphatic rings. The van der Waals surface area contributed by atoms with Crippen molar-refractivity contribution >= 4 is 11.8 Å². The van der Waals surface area contributed by atoms with Crippen molar-refractivity contribution in [3.05, 3.63) is 18.0 Å². The van der Waals surface area contributed by atoms with Gasteiger partial charge in [0.2, 0.25) is 5.91 Å². The van der Waals surface area contributed by atoms with Gasteiger partial charge in [-0.05, 0) is 18.9 Å². The van der Waals surface area contributed by atoms with Gasteiger partial charge in [0.15, 0.2) is 0 Å². The smallest absolute Gasteiger partial charge is 0.271 e. The lowest BCUT2D eigenvalue weighted by Gasteiger charge is -2.41. The van der Waals surface area contributed by atoms with Crippen molar-refractivity contribution in [2.45, 2.75) is 18.9 Å². The number of likely N-dealkylation sites (tertiary alicyclic amines) is 1. The van der Waals surface area contributed by atoms with Crippen LogP contribution in [0.5, 0.6) is 0 Å². The second-order valence-electron chi connectivity index (χ2n) is 5.28. The van der Waals surface area contributed by atoms with E-state index in [1.807, 2.05) is 9.80 Å². The summed E-state index contributed by atoms with van der Waals surface area (Å²) in [7, 11) is 0. The Morgan fingerprint density at radius 2 is 2.30 bits per heavy atom. The van der Waals surface area contributed by atoms with Crippen LogP contribution in [0, 0.1) is 0 Å². The number of carbonyl (C=O) groups excluding carboxylic acids is 2. The molecule has 2 aliphatic heterocycles. The molecule has 1 aromatic heterocycles. The Hall–Kier alpha value is -1.89. The highest BCUT2D eigenvalue weighted by Crippen LogP contribution is 2.18. The lowest BCUT2D eigenvalue weighted by molar-refractivity contribution is -0.135. The Balaban J connectivity index is 1.67. The number of nitrogens with zero attached hydrogens (tertiary/aromatic N) is 3. The Bertz CT molecular complexity index is 487. The average molecular weight is 277 g/mol. The number of hydrogen-bond donors (Lipinski definition) is 2. The summed E-state index contributed by atoms with van der Waals surface area (Å²) in [5.41, 5.74) is 0.511. The van der Waals surface area contributed by atoms with Crippen LogP contribution >= 0.6 is 0 Å². The van der Waals surface area contributed by atoms with E-state index < -0.39 is 0 Å². The van der Waals surface area contributed by atoms with Gasteiger partial charge in [-0.15, -0.1) is 0 Å². The zero-order valence-electron chi connectivity index (χ0n) is 11.3. The molecule has 108 valence electrons. The summed E-state index contributed by atoms with van der Waals surface area (Å²) in [5, 5.41) is 9.59. The summed E-state index contributed by atoms with van der Waals surface area (Å²) in [6.45, 7) is 3.33. The first-order valence-electron chi connectivity index (χ1n) is 7.04. The summed E-state index contributed by atoms with van der Waals surface area (Å²) in [5.74, 6) is 0.104. The molecule has 0 saturated carbocycles. The minimum atomic E-state index is -0.0326. The normalized spacial score (nSPS) is 24.0. The van der Waals surface area contributed by atoms with Crippen molar-refractivity contribution in [1.82, 2.24) is 25.3 Å². The van der Waals surface area contributed by atoms with Gasteiger partial charge >= 0.3 is 0 Å². The highest BCUT2D eigenvalue weighted by molar-refractivity contribution is 5.92. The zero-order chi connectivity index (χ0) is 13.9. The highest BCUT2D eigenvalue weighted by atomic mass is 16.2. The summed E-state index contributed by atoms with van der Waals surface area (Å²) < 4.78 is 0. The molecule has 1 unspecified atom stereocenters. The van der Waals surface area contributed by atoms with Gasteiger partial charge in [-0.2, -0.15) is 5.10 Å². The number of carbonyl (C=O) groups is 2. The van der Waals surface area contributed by atoms with Crippen LogP contribution in [0.1, 0.15) is 23.3 Å². The maximum Gasteiger partial charge on any atom is 0.271 e. The molecular formula is C13H19N5O2. The van der Waals surface area contributed by atoms with Crippen LogP contribution in [0.25, 0.3) is 0 Å². The van der Waals surface area contributed by atoms with Crippen LogP contribution in [-0.2, 0) is 4.79 Å². The first-order chi connectivity index (χ1) is 9.75. The van der Waals surface area contributed by atoms with Crippen molar-refractivity contribution < 1.29 is 9.59 Å². The van der Waals surface area contributed by atoms with Gasteiger partial charge in [0, 0.05) is 38.4 Å². The summed E-state index contributed by atoms with van der Waals surface area (Å²) in [6.07, 6.45) is 3.48. The van der Waals surface area contributed by atoms with Crippen molar-refractivity contribution in [3.8, 4) is 0 Å². The third kappa shape index (κ3) is 2.53. The second kappa shape index (κ2) is 5.62. The molecule has 1 aromatic rings. The molecule has 0 radical (unpaired) electrons. The lowest BCUT2D eigenvalue weighted by Crippen LogP contribution is -2.57. The van der Waals surface area contributed by atoms with Crippen LogP contribution in [0.4, 0.5) is 0 Å². The van der Waals surface area contributed by atoms with Crippen molar-refractivity contribution in [1.29, 1.82) is 0 Å². The van der Waals surface area contributed by atoms with Gasteiger partial charge < -0.3 is 15.1 Å². The first-order valence-corrected chi connectivity index (χ1v) is 7.04. The Morgan fingerprint density at radius 3 is 3.05 bits per heavy atom. The van der Waals surface area contributed by atoms with E-state index in [1.54, 1.807) is 12.3 Å². The van der Waals surface area contributed by atoms with E-state index in [9.17, 15) is 9.59 Å². The number of H-pyrrole nitrogens is 1. The van der Waals surface area contributed by atoms with E-state index in [1.165, 1.54) is 0 Å². The van der Waals surface area contributed by atoms with Crippen LogP contribution in [0.15, 0.2) is 12.3 Å². The lowest BCUT2D eigenvalue weighted by atomic mass is 10.0. The van der Waals surface area contributed by atoms with Crippen LogP contribution < -0.4 is 5.32 Å². The van der Waals surface area contributed by atoms with E-state index in [4.69, 9.17) is 0 Å². The Labute approximate surface area is 117 Å². The molecule has 2 fully saturated rings. The minimum absolute atomic E-state index is 0.0326. The van der Waals surface area contributed by atoms with Crippen molar-refractivity contribution in [2.75, 3.05) is 32.7 Å². The second-order valence-corrected chi connectivity index (χ2v) is 5.28. The molecule has 3 heterocycles. The molecule has 3 rings (SSSR count). The maximum absolute atomic E-state index is 12.3. The fourth-order valence-electron chi connectivity index (χ4n) is 2.95. The van der Waals surface area contributed by atoms with Gasteiger partial charge in [-0.1, -0.05) is 0 Å². The van der Waals surface area contributed by atoms with Gasteiger partial charge in [0.1, 0.15) is 5.69 Å². The molecule has 0 aliphatic carbocycles. The zero-order valence-corrected chi connectivity index (χ0v) is 11.3. The summed E-state index contributed by atoms with van der Waals surface area (Å²) in [4.78, 5) is 28.0. The molecule has 20 heavy (non-hydrogen) atoms. The van der Waals surface area contributed by atoms with E-state index in [2.05, 4.69) is 15.5 Å². The van der Waals surface area contributed by atoms with Gasteiger partial charge in [-0.25, -0.2) is 0 Å². The summed E-state index contributed by atoms with van der Waals surface area (Å²) in [6, 6.07) is 1.83. The van der Waals surface area contributed by atoms with E-state index in [-0.39, 0.29) is 17.9 Å². The molecular weight excluding hydrogens is 258 g/mol. The highest BCUT2D eigenvalue weighted by Gasteiger charge is 2.32. The third-order valence-electron chi connectivity index (χ3n) is 3.98. The largest absolute Gasteiger partial charge is 0.336 e. The molecule has 2 amide bonds. The number of aromatic nitrogens is 2. The van der Waals surface area contributed by atoms with Gasteiger partial charge in [0.25, 0.3) is 5.91 Å². The molecule has 0 spiro atoms. The molecule has 1 atom stereocenters. The summed E-state index contributed by atoms with van der Waals surface area (Å²) >= 11 is 0. The Morgan fingerprint density at radius 1 is 1.40 bits per heavy atom. The number of hydrogen-bond acceptors (Lipinski definition) is 4. The van der Waals surface area contributed by atoms with Gasteiger partial charge in [-0.3, -0.25) is 14.7 Å². The third-order valence-corrected chi connectivity index (χ3v) is 3.98. The first kappa shape index (κ1) is 13.1. The molecule has 0 bridgehead atoms. The average Bonchev–Trinajstić information content (AvgIpc) is 3.01. The number of nitrogens with one attached hydrogen (secondary N) is 2. The van der Waals surface area contributed by atoms with Crippen LogP contribution in [0.3, 0.4) is 0 Å². The van der Waals surface area contributed by atoms with Crippen LogP contribution in [0.2, 0.25) is 0 Å². The fraction of sp³-hybridized carbons (Fsp3) is 0.615.